The molecule has 0 saturated carbocycles. The van der Waals surface area contributed by atoms with Crippen LogP contribution in [0.15, 0.2) is 47.7 Å². The molecule has 8 heteroatoms. The highest BCUT2D eigenvalue weighted by Crippen LogP contribution is 2.22. The Balaban J connectivity index is 2.03. The van der Waals surface area contributed by atoms with Gasteiger partial charge in [-0.1, -0.05) is 12.1 Å². The van der Waals surface area contributed by atoms with Crippen molar-refractivity contribution in [3.63, 3.8) is 0 Å². The monoisotopic (exact) mass is 285 g/mol. The molecule has 1 aromatic carbocycles. The van der Waals surface area contributed by atoms with Crippen LogP contribution < -0.4 is 10.5 Å². The maximum atomic E-state index is 11.6. The summed E-state index contributed by atoms with van der Waals surface area (Å²) in [6, 6.07) is 8.36. The van der Waals surface area contributed by atoms with Crippen LogP contribution in [0.4, 0.5) is 5.69 Å². The molecule has 0 spiro atoms. The molecule has 1 N–H and O–H groups in total. The van der Waals surface area contributed by atoms with Gasteiger partial charge in [0.15, 0.2) is 0 Å². The van der Waals surface area contributed by atoms with Crippen molar-refractivity contribution in [1.82, 2.24) is 10.4 Å². The van der Waals surface area contributed by atoms with Gasteiger partial charge < -0.3 is 5.11 Å². The van der Waals surface area contributed by atoms with Crippen LogP contribution in [0.5, 0.6) is 5.75 Å². The molecule has 0 saturated heterocycles. The predicted molar refractivity (Wildman–Crippen MR) is 71.8 cm³/mol. The molecule has 21 heavy (non-hydrogen) atoms. The number of amides is 1. The number of hydrogen-bond acceptors (Lipinski definition) is 6. The number of carbonyl (C=O) groups excluding carboxylic acids is 1. The van der Waals surface area contributed by atoms with E-state index in [-0.39, 0.29) is 5.69 Å². The lowest BCUT2D eigenvalue weighted by Crippen LogP contribution is -2.18. The third-order valence-electron chi connectivity index (χ3n) is 2.46. The van der Waals surface area contributed by atoms with Gasteiger partial charge in [-0.2, -0.15) is 5.10 Å². The van der Waals surface area contributed by atoms with Crippen LogP contribution in [-0.4, -0.2) is 22.0 Å². The first-order valence-electron chi connectivity index (χ1n) is 5.78. The number of carbonyl (C=O) groups is 1. The van der Waals surface area contributed by atoms with E-state index in [4.69, 9.17) is 0 Å². The lowest BCUT2D eigenvalue weighted by molar-refractivity contribution is -0.398. The molecule has 0 aliphatic carbocycles. The van der Waals surface area contributed by atoms with Crippen molar-refractivity contribution in [2.24, 2.45) is 5.10 Å². The maximum Gasteiger partial charge on any atom is 0.289 e. The van der Waals surface area contributed by atoms with Gasteiger partial charge in [-0.3, -0.25) is 19.9 Å². The number of benzene rings is 1. The molecular weight excluding hydrogens is 276 g/mol. The fourth-order valence-corrected chi connectivity index (χ4v) is 1.48. The standard InChI is InChI=1S/C13H10N4O4/c18-12-7-9(4-5-11(12)17(20)21)8-15-16-13(19)10-3-1-2-6-14-10/h1-8,18H,(H,16,19)/p-1/b15-8-. The lowest BCUT2D eigenvalue weighted by Gasteiger charge is -2.06. The molecule has 0 radical (unpaired) electrons. The molecule has 1 aromatic heterocycles. The van der Waals surface area contributed by atoms with Gasteiger partial charge in [-0.15, -0.1) is 0 Å². The van der Waals surface area contributed by atoms with Crippen LogP contribution in [0.3, 0.4) is 0 Å². The molecule has 1 amide bonds. The van der Waals surface area contributed by atoms with E-state index >= 15 is 0 Å². The van der Waals surface area contributed by atoms with Crippen molar-refractivity contribution < 1.29 is 14.8 Å². The molecule has 0 bridgehead atoms. The Labute approximate surface area is 118 Å². The van der Waals surface area contributed by atoms with Gasteiger partial charge in [0.1, 0.15) is 5.69 Å². The fraction of sp³-hybridized carbons (Fsp3) is 0. The summed E-state index contributed by atoms with van der Waals surface area (Å²) in [5.74, 6) is -1.23. The Kier molecular flexibility index (Phi) is 4.20. The minimum Gasteiger partial charge on any atom is -0.868 e. The van der Waals surface area contributed by atoms with E-state index in [0.717, 1.165) is 12.1 Å². The van der Waals surface area contributed by atoms with Crippen LogP contribution >= 0.6 is 0 Å². The van der Waals surface area contributed by atoms with E-state index in [9.17, 15) is 20.0 Å². The summed E-state index contributed by atoms with van der Waals surface area (Å²) in [4.78, 5) is 25.2. The molecule has 8 nitrogen and oxygen atoms in total. The Morgan fingerprint density at radius 3 is 2.76 bits per heavy atom. The summed E-state index contributed by atoms with van der Waals surface area (Å²) in [7, 11) is 0. The lowest BCUT2D eigenvalue weighted by atomic mass is 10.2. The fourth-order valence-electron chi connectivity index (χ4n) is 1.48. The summed E-state index contributed by atoms with van der Waals surface area (Å²) < 4.78 is 0. The van der Waals surface area contributed by atoms with Gasteiger partial charge in [0.2, 0.25) is 0 Å². The number of pyridine rings is 1. The minimum absolute atomic E-state index is 0.197. The molecule has 2 aromatic rings. The summed E-state index contributed by atoms with van der Waals surface area (Å²) >= 11 is 0. The number of aromatic nitrogens is 1. The highest BCUT2D eigenvalue weighted by molar-refractivity contribution is 5.93. The van der Waals surface area contributed by atoms with E-state index in [1.54, 1.807) is 12.1 Å². The first kappa shape index (κ1) is 14.1. The Hall–Kier alpha value is -3.29. The van der Waals surface area contributed by atoms with Gasteiger partial charge in [-0.05, 0) is 29.5 Å². The van der Waals surface area contributed by atoms with Crippen molar-refractivity contribution in [3.05, 3.63) is 64.0 Å². The second-order valence-electron chi connectivity index (χ2n) is 3.90. The average molecular weight is 285 g/mol. The van der Waals surface area contributed by atoms with E-state index in [1.807, 2.05) is 0 Å². The van der Waals surface area contributed by atoms with E-state index in [0.29, 0.717) is 5.56 Å². The molecule has 106 valence electrons. The van der Waals surface area contributed by atoms with Crippen molar-refractivity contribution in [2.75, 3.05) is 0 Å². The van der Waals surface area contributed by atoms with Crippen molar-refractivity contribution in [3.8, 4) is 5.75 Å². The zero-order chi connectivity index (χ0) is 15.2. The van der Waals surface area contributed by atoms with Gasteiger partial charge in [0.05, 0.1) is 11.1 Å². The van der Waals surface area contributed by atoms with Gasteiger partial charge in [0.25, 0.3) is 11.6 Å². The number of nitro benzene ring substituents is 1. The molecule has 2 rings (SSSR count). The number of nitro groups is 1. The summed E-state index contributed by atoms with van der Waals surface area (Å²) in [5, 5.41) is 25.6. The highest BCUT2D eigenvalue weighted by Gasteiger charge is 2.06. The number of rotatable bonds is 4. The first-order chi connectivity index (χ1) is 10.1. The minimum atomic E-state index is -0.758. The van der Waals surface area contributed by atoms with Crippen molar-refractivity contribution in [1.29, 1.82) is 0 Å². The van der Waals surface area contributed by atoms with Gasteiger partial charge >= 0.3 is 0 Å². The second-order valence-corrected chi connectivity index (χ2v) is 3.90. The van der Waals surface area contributed by atoms with Gasteiger partial charge in [0, 0.05) is 12.3 Å². The first-order valence-corrected chi connectivity index (χ1v) is 5.78. The highest BCUT2D eigenvalue weighted by atomic mass is 16.6. The molecular formula is C13H9N4O4-. The SMILES string of the molecule is O=C(N/N=C\c1ccc([N+](=O)[O-])c([O-])c1)c1ccccn1. The normalized spacial score (nSPS) is 10.5. The van der Waals surface area contributed by atoms with E-state index in [1.165, 1.54) is 24.5 Å². The van der Waals surface area contributed by atoms with Crippen LogP contribution in [0.2, 0.25) is 0 Å². The number of hydrogen-bond donors (Lipinski definition) is 1. The summed E-state index contributed by atoms with van der Waals surface area (Å²) in [6.07, 6.45) is 2.69. The topological polar surface area (TPSA) is 121 Å². The molecule has 0 atom stereocenters. The third kappa shape index (κ3) is 3.60. The number of nitrogens with one attached hydrogen (secondary N) is 1. The largest absolute Gasteiger partial charge is 0.868 e. The van der Waals surface area contributed by atoms with Crippen LogP contribution in [0.25, 0.3) is 0 Å². The van der Waals surface area contributed by atoms with E-state index in [2.05, 4.69) is 15.5 Å². The van der Waals surface area contributed by atoms with E-state index < -0.39 is 22.3 Å². The van der Waals surface area contributed by atoms with Gasteiger partial charge in [-0.25, -0.2) is 5.43 Å². The van der Waals surface area contributed by atoms with Crippen LogP contribution in [0, 0.1) is 10.1 Å². The summed E-state index contributed by atoms with van der Waals surface area (Å²) in [6.45, 7) is 0. The van der Waals surface area contributed by atoms with Crippen LogP contribution in [-0.2, 0) is 0 Å². The zero-order valence-electron chi connectivity index (χ0n) is 10.6. The quantitative estimate of drug-likeness (QED) is 0.506. The Morgan fingerprint density at radius 1 is 1.33 bits per heavy atom. The zero-order valence-corrected chi connectivity index (χ0v) is 10.6. The third-order valence-corrected chi connectivity index (χ3v) is 2.46. The molecule has 0 unspecified atom stereocenters. The van der Waals surface area contributed by atoms with Crippen molar-refractivity contribution >= 4 is 17.8 Å². The second kappa shape index (κ2) is 6.24. The summed E-state index contributed by atoms with van der Waals surface area (Å²) in [5.41, 5.74) is 2.26. The molecule has 0 aliphatic rings. The van der Waals surface area contributed by atoms with Crippen molar-refractivity contribution in [2.45, 2.75) is 0 Å². The number of nitrogens with zero attached hydrogens (tertiary/aromatic N) is 3. The molecule has 0 aliphatic heterocycles. The predicted octanol–water partition coefficient (Wildman–Crippen LogP) is 0.827. The molecule has 1 heterocycles. The Morgan fingerprint density at radius 2 is 2.14 bits per heavy atom. The molecule has 0 fully saturated rings. The van der Waals surface area contributed by atoms with Crippen LogP contribution in [0.1, 0.15) is 16.1 Å². The number of hydrazone groups is 1. The Bertz CT molecular complexity index is 701. The average Bonchev–Trinajstić information content (AvgIpc) is 2.47. The maximum absolute atomic E-state index is 11.6. The smallest absolute Gasteiger partial charge is 0.289 e.